The molecule has 9 nitrogen and oxygen atoms in total. The third-order valence-electron chi connectivity index (χ3n) is 4.52. The van der Waals surface area contributed by atoms with E-state index in [1.54, 1.807) is 18.2 Å². The highest BCUT2D eigenvalue weighted by atomic mass is 19.4. The Hall–Kier alpha value is -3.41. The molecular formula is C18H18F3N7O2. The lowest BCUT2D eigenvalue weighted by Gasteiger charge is -2.32. The minimum absolute atomic E-state index is 0.144. The van der Waals surface area contributed by atoms with E-state index in [1.807, 2.05) is 18.1 Å². The lowest BCUT2D eigenvalue weighted by molar-refractivity contribution is -0.141. The average molecular weight is 421 g/mol. The minimum Gasteiger partial charge on any atom is -0.368 e. The van der Waals surface area contributed by atoms with Gasteiger partial charge >= 0.3 is 6.18 Å². The molecule has 0 aromatic carbocycles. The third-order valence-corrected chi connectivity index (χ3v) is 4.52. The van der Waals surface area contributed by atoms with Gasteiger partial charge < -0.3 is 15.0 Å². The van der Waals surface area contributed by atoms with Crippen LogP contribution in [0.25, 0.3) is 0 Å². The number of nitrogens with one attached hydrogen (secondary N) is 3. The van der Waals surface area contributed by atoms with Crippen molar-refractivity contribution in [3.05, 3.63) is 53.1 Å². The first-order chi connectivity index (χ1) is 14.3. The lowest BCUT2D eigenvalue weighted by atomic mass is 10.1. The van der Waals surface area contributed by atoms with Crippen LogP contribution in [0.4, 0.5) is 24.8 Å². The molecule has 158 valence electrons. The molecular weight excluding hydrogens is 403 g/mol. The fraction of sp³-hybridized carbons (Fsp3) is 0.333. The van der Waals surface area contributed by atoms with Crippen LogP contribution < -0.4 is 5.32 Å². The van der Waals surface area contributed by atoms with Gasteiger partial charge in [-0.1, -0.05) is 6.07 Å². The summed E-state index contributed by atoms with van der Waals surface area (Å²) >= 11 is 0. The maximum atomic E-state index is 12.7. The number of aryl methyl sites for hydroxylation is 1. The number of carbonyl (C=O) groups excluding carboxylic acids is 1. The fourth-order valence-corrected chi connectivity index (χ4v) is 3.06. The van der Waals surface area contributed by atoms with E-state index >= 15 is 0 Å². The predicted molar refractivity (Wildman–Crippen MR) is 99.0 cm³/mol. The van der Waals surface area contributed by atoms with Crippen LogP contribution in [0.1, 0.15) is 33.7 Å². The van der Waals surface area contributed by atoms with Crippen molar-refractivity contribution in [3.8, 4) is 0 Å². The first-order valence-electron chi connectivity index (χ1n) is 9.09. The lowest BCUT2D eigenvalue weighted by Crippen LogP contribution is -2.42. The molecule has 1 fully saturated rings. The van der Waals surface area contributed by atoms with E-state index in [9.17, 15) is 18.0 Å². The number of aromatic amines is 2. The van der Waals surface area contributed by atoms with Crippen molar-refractivity contribution in [3.63, 3.8) is 0 Å². The number of nitrogens with zero attached hydrogens (tertiary/aromatic N) is 4. The molecule has 3 N–H and O–H groups in total. The highest BCUT2D eigenvalue weighted by Gasteiger charge is 2.35. The third kappa shape index (κ3) is 4.27. The topological polar surface area (TPSA) is 112 Å². The summed E-state index contributed by atoms with van der Waals surface area (Å²) in [6.45, 7) is 2.49. The molecule has 4 heterocycles. The Labute approximate surface area is 168 Å². The molecule has 1 saturated heterocycles. The van der Waals surface area contributed by atoms with Gasteiger partial charge in [0.05, 0.1) is 18.8 Å². The maximum Gasteiger partial charge on any atom is 0.432 e. The molecule has 4 rings (SSSR count). The Kier molecular flexibility index (Phi) is 5.16. The van der Waals surface area contributed by atoms with Crippen molar-refractivity contribution in [1.82, 2.24) is 30.3 Å². The smallest absolute Gasteiger partial charge is 0.368 e. The van der Waals surface area contributed by atoms with Crippen LogP contribution in [0.5, 0.6) is 0 Å². The summed E-state index contributed by atoms with van der Waals surface area (Å²) in [4.78, 5) is 18.5. The number of aromatic nitrogens is 5. The number of morpholine rings is 1. The number of hydrogen-bond acceptors (Lipinski definition) is 6. The van der Waals surface area contributed by atoms with Crippen LogP contribution in [-0.2, 0) is 10.9 Å². The standard InChI is InChI=1S/C18H18F3N7O2/c1-10-7-16(27-24-10)23-15-4-2-3-11(22-15)13-9-28(5-6-30-13)17(29)12-8-14(26-25-12)18(19,20)21/h2-4,7-8,13H,5-6,9H2,1H3,(H,25,26)(H2,22,23,24,27). The quantitative estimate of drug-likeness (QED) is 0.597. The van der Waals surface area contributed by atoms with Gasteiger partial charge in [-0.2, -0.15) is 23.4 Å². The van der Waals surface area contributed by atoms with Crippen LogP contribution in [0.3, 0.4) is 0 Å². The van der Waals surface area contributed by atoms with Gasteiger partial charge in [0.2, 0.25) is 0 Å². The molecule has 3 aromatic rings. The van der Waals surface area contributed by atoms with Gasteiger partial charge in [0.25, 0.3) is 5.91 Å². The molecule has 30 heavy (non-hydrogen) atoms. The number of carbonyl (C=O) groups is 1. The van der Waals surface area contributed by atoms with E-state index in [4.69, 9.17) is 4.74 Å². The van der Waals surface area contributed by atoms with Crippen molar-refractivity contribution in [1.29, 1.82) is 0 Å². The van der Waals surface area contributed by atoms with Crippen LogP contribution in [0.15, 0.2) is 30.3 Å². The Morgan fingerprint density at radius 2 is 2.07 bits per heavy atom. The van der Waals surface area contributed by atoms with Gasteiger partial charge in [0, 0.05) is 24.4 Å². The Balaban J connectivity index is 1.46. The number of hydrogen-bond donors (Lipinski definition) is 3. The van der Waals surface area contributed by atoms with Crippen LogP contribution in [0.2, 0.25) is 0 Å². The number of halogens is 3. The van der Waals surface area contributed by atoms with E-state index in [-0.39, 0.29) is 25.4 Å². The summed E-state index contributed by atoms with van der Waals surface area (Å²) in [7, 11) is 0. The van der Waals surface area contributed by atoms with Crippen LogP contribution >= 0.6 is 0 Å². The highest BCUT2D eigenvalue weighted by Crippen LogP contribution is 2.28. The average Bonchev–Trinajstić information content (AvgIpc) is 3.37. The molecule has 0 saturated carbocycles. The number of pyridine rings is 1. The second-order valence-corrected chi connectivity index (χ2v) is 6.78. The molecule has 1 atom stereocenters. The van der Waals surface area contributed by atoms with Gasteiger partial charge in [0.15, 0.2) is 11.5 Å². The number of rotatable bonds is 4. The van der Waals surface area contributed by atoms with Crippen molar-refractivity contribution < 1.29 is 22.7 Å². The zero-order valence-electron chi connectivity index (χ0n) is 15.8. The zero-order chi connectivity index (χ0) is 21.3. The number of anilines is 2. The number of amides is 1. The molecule has 1 amide bonds. The van der Waals surface area contributed by atoms with E-state index in [0.29, 0.717) is 23.4 Å². The van der Waals surface area contributed by atoms with Gasteiger partial charge in [-0.25, -0.2) is 4.98 Å². The summed E-state index contributed by atoms with van der Waals surface area (Å²) in [5, 5.41) is 15.3. The van der Waals surface area contributed by atoms with E-state index in [1.165, 1.54) is 4.90 Å². The predicted octanol–water partition coefficient (Wildman–Crippen LogP) is 2.81. The second-order valence-electron chi connectivity index (χ2n) is 6.78. The summed E-state index contributed by atoms with van der Waals surface area (Å²) in [5.41, 5.74) is 0.123. The summed E-state index contributed by atoms with van der Waals surface area (Å²) in [6, 6.07) is 7.85. The van der Waals surface area contributed by atoms with Crippen molar-refractivity contribution in [2.45, 2.75) is 19.2 Å². The van der Waals surface area contributed by atoms with Crippen LogP contribution in [0, 0.1) is 6.92 Å². The number of H-pyrrole nitrogens is 2. The summed E-state index contributed by atoms with van der Waals surface area (Å²) in [5.74, 6) is 0.557. The molecule has 3 aromatic heterocycles. The Morgan fingerprint density at radius 1 is 1.23 bits per heavy atom. The summed E-state index contributed by atoms with van der Waals surface area (Å²) < 4.78 is 44.0. The van der Waals surface area contributed by atoms with E-state index in [2.05, 4.69) is 25.6 Å². The van der Waals surface area contributed by atoms with Gasteiger partial charge in [-0.15, -0.1) is 0 Å². The molecule has 1 aliphatic heterocycles. The van der Waals surface area contributed by atoms with Crippen LogP contribution in [-0.4, -0.2) is 55.9 Å². The molecule has 12 heteroatoms. The zero-order valence-corrected chi connectivity index (χ0v) is 15.8. The summed E-state index contributed by atoms with van der Waals surface area (Å²) in [6.07, 6.45) is -5.12. The first-order valence-corrected chi connectivity index (χ1v) is 9.09. The van der Waals surface area contributed by atoms with Crippen molar-refractivity contribution in [2.75, 3.05) is 25.0 Å². The van der Waals surface area contributed by atoms with Gasteiger partial charge in [-0.05, 0) is 19.1 Å². The SMILES string of the molecule is Cc1cc(Nc2cccc(C3CN(C(=O)c4cc(C(F)(F)F)[nH]n4)CCO3)n2)n[nH]1. The van der Waals surface area contributed by atoms with E-state index in [0.717, 1.165) is 5.69 Å². The number of ether oxygens (including phenoxy) is 1. The van der Waals surface area contributed by atoms with Gasteiger partial charge in [0.1, 0.15) is 17.6 Å². The molecule has 0 bridgehead atoms. The van der Waals surface area contributed by atoms with Crippen molar-refractivity contribution in [2.24, 2.45) is 0 Å². The molecule has 0 spiro atoms. The van der Waals surface area contributed by atoms with E-state index < -0.39 is 23.9 Å². The Bertz CT molecular complexity index is 1050. The fourth-order valence-electron chi connectivity index (χ4n) is 3.06. The monoisotopic (exact) mass is 421 g/mol. The number of alkyl halides is 3. The van der Waals surface area contributed by atoms with Gasteiger partial charge in [-0.3, -0.25) is 15.0 Å². The van der Waals surface area contributed by atoms with Crippen molar-refractivity contribution >= 4 is 17.5 Å². The Morgan fingerprint density at radius 3 is 2.77 bits per heavy atom. The minimum atomic E-state index is -4.59. The molecule has 1 unspecified atom stereocenters. The normalized spacial score (nSPS) is 17.2. The largest absolute Gasteiger partial charge is 0.432 e. The molecule has 1 aliphatic rings. The highest BCUT2D eigenvalue weighted by molar-refractivity contribution is 5.92. The molecule has 0 aliphatic carbocycles. The maximum absolute atomic E-state index is 12.7. The second kappa shape index (κ2) is 7.78. The first kappa shape index (κ1) is 19.9. The molecule has 0 radical (unpaired) electrons.